The Morgan fingerprint density at radius 3 is 2.43 bits per heavy atom. The van der Waals surface area contributed by atoms with Crippen LogP contribution >= 0.6 is 11.5 Å². The van der Waals surface area contributed by atoms with Gasteiger partial charge in [0.15, 0.2) is 5.69 Å². The maximum atomic E-state index is 14.0. The zero-order chi connectivity index (χ0) is 27.3. The summed E-state index contributed by atoms with van der Waals surface area (Å²) in [6.45, 7) is 5.71. The molecule has 37 heavy (non-hydrogen) atoms. The molecule has 1 unspecified atom stereocenters. The van der Waals surface area contributed by atoms with Gasteiger partial charge in [-0.2, -0.15) is 4.37 Å². The van der Waals surface area contributed by atoms with Crippen LogP contribution in [0.4, 0.5) is 5.69 Å². The SMILES string of the molecule is CCC(C)(C)NC(=O)C(c1ccc(O)cc1)N(Cc1cccc(OC)c1)C(=O)c1snc(C(N)=O)c1N. The van der Waals surface area contributed by atoms with Crippen molar-refractivity contribution in [2.24, 2.45) is 5.73 Å². The predicted molar refractivity (Wildman–Crippen MR) is 141 cm³/mol. The van der Waals surface area contributed by atoms with Crippen molar-refractivity contribution in [3.05, 3.63) is 70.2 Å². The molecular formula is C26H31N5O5S. The molecule has 0 fully saturated rings. The number of rotatable bonds is 10. The lowest BCUT2D eigenvalue weighted by Crippen LogP contribution is -2.50. The van der Waals surface area contributed by atoms with Gasteiger partial charge in [-0.15, -0.1) is 0 Å². The van der Waals surface area contributed by atoms with Crippen LogP contribution in [0.2, 0.25) is 0 Å². The molecule has 3 aromatic rings. The predicted octanol–water partition coefficient (Wildman–Crippen LogP) is 3.23. The summed E-state index contributed by atoms with van der Waals surface area (Å²) in [6, 6.07) is 12.0. The first-order valence-electron chi connectivity index (χ1n) is 11.6. The Morgan fingerprint density at radius 1 is 1.19 bits per heavy atom. The number of amides is 3. The lowest BCUT2D eigenvalue weighted by atomic mass is 9.98. The van der Waals surface area contributed by atoms with Gasteiger partial charge < -0.3 is 31.5 Å². The van der Waals surface area contributed by atoms with Crippen molar-refractivity contribution in [3.63, 3.8) is 0 Å². The summed E-state index contributed by atoms with van der Waals surface area (Å²) in [5, 5.41) is 12.9. The summed E-state index contributed by atoms with van der Waals surface area (Å²) < 4.78 is 9.28. The van der Waals surface area contributed by atoms with E-state index >= 15 is 0 Å². The van der Waals surface area contributed by atoms with E-state index in [2.05, 4.69) is 9.69 Å². The molecule has 3 amide bonds. The van der Waals surface area contributed by atoms with Crippen LogP contribution in [0.5, 0.6) is 11.5 Å². The van der Waals surface area contributed by atoms with E-state index in [1.54, 1.807) is 36.4 Å². The fraction of sp³-hybridized carbons (Fsp3) is 0.308. The average molecular weight is 526 g/mol. The number of aromatic nitrogens is 1. The number of benzene rings is 2. The molecule has 0 bridgehead atoms. The van der Waals surface area contributed by atoms with Crippen molar-refractivity contribution >= 4 is 34.9 Å². The Labute approximate surface area is 219 Å². The molecule has 0 spiro atoms. The van der Waals surface area contributed by atoms with Crippen LogP contribution in [0, 0.1) is 0 Å². The zero-order valence-corrected chi connectivity index (χ0v) is 22.0. The number of anilines is 1. The number of nitrogens with one attached hydrogen (secondary N) is 1. The molecule has 6 N–H and O–H groups in total. The van der Waals surface area contributed by atoms with Crippen LogP contribution in [0.1, 0.15) is 64.5 Å². The summed E-state index contributed by atoms with van der Waals surface area (Å²) in [6.07, 6.45) is 0.647. The number of ether oxygens (including phenoxy) is 1. The lowest BCUT2D eigenvalue weighted by molar-refractivity contribution is -0.127. The highest BCUT2D eigenvalue weighted by atomic mass is 32.1. The summed E-state index contributed by atoms with van der Waals surface area (Å²) in [5.41, 5.74) is 11.7. The van der Waals surface area contributed by atoms with Gasteiger partial charge in [0.05, 0.1) is 12.8 Å². The second-order valence-corrected chi connectivity index (χ2v) is 9.92. The molecule has 196 valence electrons. The normalized spacial score (nSPS) is 12.0. The summed E-state index contributed by atoms with van der Waals surface area (Å²) in [5.74, 6) is -1.29. The second kappa shape index (κ2) is 11.3. The third kappa shape index (κ3) is 6.36. The Morgan fingerprint density at radius 2 is 1.86 bits per heavy atom. The fourth-order valence-electron chi connectivity index (χ4n) is 3.63. The van der Waals surface area contributed by atoms with E-state index in [0.29, 0.717) is 23.3 Å². The van der Waals surface area contributed by atoms with Gasteiger partial charge >= 0.3 is 0 Å². The number of nitrogens with zero attached hydrogens (tertiary/aromatic N) is 2. The first-order chi connectivity index (χ1) is 17.5. The molecule has 2 aromatic carbocycles. The maximum absolute atomic E-state index is 14.0. The Hall–Kier alpha value is -4.12. The van der Waals surface area contributed by atoms with E-state index in [1.807, 2.05) is 20.8 Å². The van der Waals surface area contributed by atoms with Crippen molar-refractivity contribution in [1.82, 2.24) is 14.6 Å². The smallest absolute Gasteiger partial charge is 0.270 e. The van der Waals surface area contributed by atoms with Crippen molar-refractivity contribution < 1.29 is 24.2 Å². The fourth-order valence-corrected chi connectivity index (χ4v) is 4.39. The highest BCUT2D eigenvalue weighted by Gasteiger charge is 2.36. The van der Waals surface area contributed by atoms with Gasteiger partial charge in [-0.3, -0.25) is 14.4 Å². The number of carbonyl (C=O) groups excluding carboxylic acids is 3. The molecular weight excluding hydrogens is 494 g/mol. The van der Waals surface area contributed by atoms with Crippen LogP contribution in [-0.4, -0.2) is 44.8 Å². The second-order valence-electron chi connectivity index (χ2n) is 9.14. The van der Waals surface area contributed by atoms with Gasteiger partial charge in [-0.05, 0) is 67.2 Å². The third-order valence-electron chi connectivity index (χ3n) is 6.02. The van der Waals surface area contributed by atoms with Crippen molar-refractivity contribution in [2.45, 2.75) is 45.3 Å². The number of primary amides is 1. The van der Waals surface area contributed by atoms with Crippen LogP contribution in [-0.2, 0) is 11.3 Å². The molecule has 1 heterocycles. The van der Waals surface area contributed by atoms with Crippen LogP contribution in [0.3, 0.4) is 0 Å². The molecule has 10 nitrogen and oxygen atoms in total. The summed E-state index contributed by atoms with van der Waals surface area (Å²) in [7, 11) is 1.53. The Kier molecular flexibility index (Phi) is 8.38. The Bertz CT molecular complexity index is 1290. The number of aromatic hydroxyl groups is 1. The molecule has 0 saturated carbocycles. The standard InChI is InChI=1S/C26H31N5O5S/c1-5-26(2,3)29-24(34)21(16-9-11-17(32)12-10-16)31(14-15-7-6-8-18(13-15)36-4)25(35)22-19(27)20(23(28)33)30-37-22/h6-13,21,32H,5,14,27H2,1-4H3,(H2,28,33)(H,29,34). The van der Waals surface area contributed by atoms with Crippen molar-refractivity contribution in [2.75, 3.05) is 12.8 Å². The summed E-state index contributed by atoms with van der Waals surface area (Å²) in [4.78, 5) is 40.8. The third-order valence-corrected chi connectivity index (χ3v) is 6.87. The van der Waals surface area contributed by atoms with Gasteiger partial charge in [0.2, 0.25) is 5.91 Å². The quantitative estimate of drug-likeness (QED) is 0.316. The van der Waals surface area contributed by atoms with E-state index in [9.17, 15) is 19.5 Å². The number of nitrogens with two attached hydrogens (primary N) is 2. The van der Waals surface area contributed by atoms with Gasteiger partial charge in [-0.1, -0.05) is 31.2 Å². The van der Waals surface area contributed by atoms with E-state index in [1.165, 1.54) is 24.1 Å². The zero-order valence-electron chi connectivity index (χ0n) is 21.1. The van der Waals surface area contributed by atoms with Gasteiger partial charge in [-0.25, -0.2) is 0 Å². The average Bonchev–Trinajstić information content (AvgIpc) is 3.25. The van der Waals surface area contributed by atoms with Gasteiger partial charge in [0, 0.05) is 12.1 Å². The number of phenolic OH excluding ortho intramolecular Hbond substituents is 1. The highest BCUT2D eigenvalue weighted by molar-refractivity contribution is 7.09. The van der Waals surface area contributed by atoms with E-state index in [-0.39, 0.29) is 28.6 Å². The topological polar surface area (TPSA) is 161 Å². The molecule has 11 heteroatoms. The molecule has 0 aliphatic carbocycles. The van der Waals surface area contributed by atoms with Crippen LogP contribution in [0.25, 0.3) is 0 Å². The lowest BCUT2D eigenvalue weighted by Gasteiger charge is -2.34. The number of methoxy groups -OCH3 is 1. The highest BCUT2D eigenvalue weighted by Crippen LogP contribution is 2.32. The molecule has 0 aliphatic heterocycles. The minimum atomic E-state index is -1.11. The monoisotopic (exact) mass is 525 g/mol. The van der Waals surface area contributed by atoms with Crippen LogP contribution < -0.4 is 21.5 Å². The minimum Gasteiger partial charge on any atom is -0.508 e. The number of phenols is 1. The minimum absolute atomic E-state index is 0.00476. The Balaban J connectivity index is 2.17. The van der Waals surface area contributed by atoms with Gasteiger partial charge in [0.25, 0.3) is 11.8 Å². The number of hydrogen-bond acceptors (Lipinski definition) is 8. The number of carbonyl (C=O) groups is 3. The molecule has 0 aliphatic rings. The largest absolute Gasteiger partial charge is 0.508 e. The number of nitrogen functional groups attached to an aromatic ring is 1. The van der Waals surface area contributed by atoms with E-state index in [0.717, 1.165) is 11.5 Å². The van der Waals surface area contributed by atoms with Crippen molar-refractivity contribution in [1.29, 1.82) is 0 Å². The molecule has 1 atom stereocenters. The van der Waals surface area contributed by atoms with Crippen molar-refractivity contribution in [3.8, 4) is 11.5 Å². The first-order valence-corrected chi connectivity index (χ1v) is 12.3. The van der Waals surface area contributed by atoms with Crippen LogP contribution in [0.15, 0.2) is 48.5 Å². The van der Waals surface area contributed by atoms with E-state index in [4.69, 9.17) is 16.2 Å². The number of hydrogen-bond donors (Lipinski definition) is 4. The molecule has 0 saturated heterocycles. The maximum Gasteiger partial charge on any atom is 0.270 e. The molecule has 3 rings (SSSR count). The summed E-state index contributed by atoms with van der Waals surface area (Å²) >= 11 is 0.740. The molecule has 0 radical (unpaired) electrons. The molecule has 1 aromatic heterocycles. The first kappa shape index (κ1) is 27.5. The van der Waals surface area contributed by atoms with E-state index < -0.39 is 29.3 Å². The van der Waals surface area contributed by atoms with Gasteiger partial charge in [0.1, 0.15) is 22.4 Å².